The van der Waals surface area contributed by atoms with E-state index in [9.17, 15) is 4.79 Å². The number of carbonyl (C=O) groups excluding carboxylic acids is 1. The van der Waals surface area contributed by atoms with Crippen molar-refractivity contribution in [3.63, 3.8) is 0 Å². The highest BCUT2D eigenvalue weighted by molar-refractivity contribution is 5.92. The lowest BCUT2D eigenvalue weighted by Crippen LogP contribution is -2.53. The SMILES string of the molecule is O=C1C=CC(C2C3CC4CC(C3)CC2C4)NC1. The summed E-state index contributed by atoms with van der Waals surface area (Å²) in [6, 6.07) is 0.489. The Labute approximate surface area is 103 Å². The predicted octanol–water partition coefficient (Wildman–Crippen LogP) is 2.16. The average molecular weight is 231 g/mol. The Morgan fingerprint density at radius 3 is 2.18 bits per heavy atom. The van der Waals surface area contributed by atoms with Crippen molar-refractivity contribution in [3.05, 3.63) is 12.2 Å². The van der Waals surface area contributed by atoms with Crippen LogP contribution < -0.4 is 5.32 Å². The Balaban J connectivity index is 1.58. The van der Waals surface area contributed by atoms with Crippen LogP contribution in [0.3, 0.4) is 0 Å². The number of carbonyl (C=O) groups is 1. The summed E-state index contributed by atoms with van der Waals surface area (Å²) < 4.78 is 0. The van der Waals surface area contributed by atoms with Gasteiger partial charge >= 0.3 is 0 Å². The maximum Gasteiger partial charge on any atom is 0.169 e. The van der Waals surface area contributed by atoms with Crippen LogP contribution in [0.1, 0.15) is 32.1 Å². The molecule has 0 saturated heterocycles. The summed E-state index contributed by atoms with van der Waals surface area (Å²) in [5.74, 6) is 5.05. The van der Waals surface area contributed by atoms with Crippen molar-refractivity contribution in [1.82, 2.24) is 5.32 Å². The standard InChI is InChI=1S/C15H21NO/c17-13-1-2-14(16-8-13)15-11-4-9-3-10(6-11)7-12(15)5-9/h1-2,9-12,14-16H,3-8H2. The normalized spacial score (nSPS) is 52.1. The highest BCUT2D eigenvalue weighted by Crippen LogP contribution is 2.57. The lowest BCUT2D eigenvalue weighted by Gasteiger charge is -2.56. The number of hydrogen-bond acceptors (Lipinski definition) is 2. The summed E-state index contributed by atoms with van der Waals surface area (Å²) in [5, 5.41) is 3.46. The quantitative estimate of drug-likeness (QED) is 0.749. The molecule has 2 nitrogen and oxygen atoms in total. The van der Waals surface area contributed by atoms with Gasteiger partial charge in [-0.05, 0) is 67.8 Å². The van der Waals surface area contributed by atoms with E-state index in [-0.39, 0.29) is 5.78 Å². The largest absolute Gasteiger partial charge is 0.303 e. The van der Waals surface area contributed by atoms with Gasteiger partial charge in [0.2, 0.25) is 0 Å². The van der Waals surface area contributed by atoms with Crippen molar-refractivity contribution < 1.29 is 4.79 Å². The summed E-state index contributed by atoms with van der Waals surface area (Å²) in [4.78, 5) is 11.2. The summed E-state index contributed by atoms with van der Waals surface area (Å²) >= 11 is 0. The molecule has 5 aliphatic rings. The molecule has 4 saturated carbocycles. The molecule has 0 radical (unpaired) electrons. The predicted molar refractivity (Wildman–Crippen MR) is 66.5 cm³/mol. The van der Waals surface area contributed by atoms with Gasteiger partial charge in [-0.25, -0.2) is 0 Å². The first-order chi connectivity index (χ1) is 8.29. The van der Waals surface area contributed by atoms with E-state index in [1.54, 1.807) is 0 Å². The molecule has 2 heteroatoms. The van der Waals surface area contributed by atoms with Gasteiger partial charge < -0.3 is 5.32 Å². The molecule has 0 aromatic heterocycles. The van der Waals surface area contributed by atoms with Crippen molar-refractivity contribution in [3.8, 4) is 0 Å². The van der Waals surface area contributed by atoms with Crippen LogP contribution in [0.4, 0.5) is 0 Å². The summed E-state index contributed by atoms with van der Waals surface area (Å²) in [7, 11) is 0. The Morgan fingerprint density at radius 2 is 1.65 bits per heavy atom. The second-order valence-corrected chi connectivity index (χ2v) is 6.74. The monoisotopic (exact) mass is 231 g/mol. The fourth-order valence-electron chi connectivity index (χ4n) is 5.37. The first-order valence-corrected chi connectivity index (χ1v) is 7.24. The van der Waals surface area contributed by atoms with Crippen LogP contribution in [-0.4, -0.2) is 18.4 Å². The minimum Gasteiger partial charge on any atom is -0.303 e. The molecule has 4 bridgehead atoms. The van der Waals surface area contributed by atoms with Crippen LogP contribution in [0.15, 0.2) is 12.2 Å². The Bertz CT molecular complexity index is 345. The van der Waals surface area contributed by atoms with Gasteiger partial charge in [-0.3, -0.25) is 4.79 Å². The molecule has 17 heavy (non-hydrogen) atoms. The Kier molecular flexibility index (Phi) is 2.23. The maximum absolute atomic E-state index is 11.2. The molecule has 1 aliphatic heterocycles. The third kappa shape index (κ3) is 1.61. The third-order valence-electron chi connectivity index (χ3n) is 5.72. The molecular weight excluding hydrogens is 210 g/mol. The second-order valence-electron chi connectivity index (χ2n) is 6.74. The number of hydrogen-bond donors (Lipinski definition) is 1. The Hall–Kier alpha value is -0.630. The highest BCUT2D eigenvalue weighted by atomic mass is 16.1. The summed E-state index contributed by atoms with van der Waals surface area (Å²) in [6.07, 6.45) is 11.4. The fourth-order valence-corrected chi connectivity index (χ4v) is 5.37. The van der Waals surface area contributed by atoms with Gasteiger partial charge in [0.05, 0.1) is 6.54 Å². The number of ketones is 1. The molecule has 0 amide bonds. The van der Waals surface area contributed by atoms with Gasteiger partial charge in [-0.2, -0.15) is 0 Å². The van der Waals surface area contributed by atoms with E-state index >= 15 is 0 Å². The highest BCUT2D eigenvalue weighted by Gasteiger charge is 2.50. The average Bonchev–Trinajstić information content (AvgIpc) is 2.30. The lowest BCUT2D eigenvalue weighted by atomic mass is 9.50. The van der Waals surface area contributed by atoms with Crippen molar-refractivity contribution in [1.29, 1.82) is 0 Å². The van der Waals surface area contributed by atoms with Gasteiger partial charge in [0.1, 0.15) is 0 Å². The molecule has 4 fully saturated rings. The van der Waals surface area contributed by atoms with Crippen LogP contribution in [0.2, 0.25) is 0 Å². The van der Waals surface area contributed by atoms with E-state index in [1.165, 1.54) is 32.1 Å². The van der Waals surface area contributed by atoms with Crippen molar-refractivity contribution in [2.45, 2.75) is 38.1 Å². The minimum absolute atomic E-state index is 0.241. The lowest BCUT2D eigenvalue weighted by molar-refractivity contribution is -0.114. The zero-order valence-corrected chi connectivity index (χ0v) is 10.3. The minimum atomic E-state index is 0.241. The van der Waals surface area contributed by atoms with E-state index in [0.29, 0.717) is 12.6 Å². The van der Waals surface area contributed by atoms with E-state index in [2.05, 4.69) is 11.4 Å². The molecule has 5 rings (SSSR count). The van der Waals surface area contributed by atoms with Gasteiger partial charge in [0, 0.05) is 6.04 Å². The van der Waals surface area contributed by atoms with Crippen LogP contribution in [0.25, 0.3) is 0 Å². The van der Waals surface area contributed by atoms with Gasteiger partial charge in [0.25, 0.3) is 0 Å². The van der Waals surface area contributed by atoms with Gasteiger partial charge in [-0.1, -0.05) is 6.08 Å². The van der Waals surface area contributed by atoms with Crippen LogP contribution in [0.5, 0.6) is 0 Å². The first kappa shape index (κ1) is 10.3. The summed E-state index contributed by atoms with van der Waals surface area (Å²) in [5.41, 5.74) is 0. The molecular formula is C15H21NO. The number of nitrogens with one attached hydrogen (secondary N) is 1. The molecule has 1 atom stereocenters. The molecule has 0 spiro atoms. The zero-order chi connectivity index (χ0) is 11.4. The molecule has 0 aromatic carbocycles. The molecule has 4 aliphatic carbocycles. The smallest absolute Gasteiger partial charge is 0.169 e. The third-order valence-corrected chi connectivity index (χ3v) is 5.72. The molecule has 1 N–H and O–H groups in total. The van der Waals surface area contributed by atoms with E-state index in [0.717, 1.165) is 29.6 Å². The van der Waals surface area contributed by atoms with Gasteiger partial charge in [0.15, 0.2) is 5.78 Å². The van der Waals surface area contributed by atoms with E-state index in [1.807, 2.05) is 6.08 Å². The van der Waals surface area contributed by atoms with Gasteiger partial charge in [-0.15, -0.1) is 0 Å². The van der Waals surface area contributed by atoms with Crippen LogP contribution in [0, 0.1) is 29.6 Å². The second kappa shape index (κ2) is 3.68. The van der Waals surface area contributed by atoms with E-state index in [4.69, 9.17) is 0 Å². The van der Waals surface area contributed by atoms with E-state index < -0.39 is 0 Å². The summed E-state index contributed by atoms with van der Waals surface area (Å²) in [6.45, 7) is 0.559. The van der Waals surface area contributed by atoms with Crippen molar-refractivity contribution >= 4 is 5.78 Å². The topological polar surface area (TPSA) is 29.1 Å². The molecule has 1 heterocycles. The van der Waals surface area contributed by atoms with Crippen molar-refractivity contribution in [2.24, 2.45) is 29.6 Å². The first-order valence-electron chi connectivity index (χ1n) is 7.24. The molecule has 0 aromatic rings. The fraction of sp³-hybridized carbons (Fsp3) is 0.800. The van der Waals surface area contributed by atoms with Crippen LogP contribution >= 0.6 is 0 Å². The van der Waals surface area contributed by atoms with Crippen molar-refractivity contribution in [2.75, 3.05) is 6.54 Å². The Morgan fingerprint density at radius 1 is 1.00 bits per heavy atom. The number of rotatable bonds is 1. The molecule has 1 unspecified atom stereocenters. The van der Waals surface area contributed by atoms with Crippen LogP contribution in [-0.2, 0) is 4.79 Å². The maximum atomic E-state index is 11.2. The zero-order valence-electron chi connectivity index (χ0n) is 10.3. The molecule has 92 valence electrons.